The minimum absolute atomic E-state index is 0.223. The SMILES string of the molecule is O=[N+]([O-])c1ccc(Oc2cccc(I)c2)c(C(F)(F)F)c1. The van der Waals surface area contributed by atoms with Crippen LogP contribution < -0.4 is 4.74 Å². The second kappa shape index (κ2) is 5.88. The second-order valence-electron chi connectivity index (χ2n) is 3.99. The molecule has 0 aromatic heterocycles. The van der Waals surface area contributed by atoms with E-state index in [1.807, 2.05) is 22.6 Å². The Hall–Kier alpha value is -1.84. The van der Waals surface area contributed by atoms with Gasteiger partial charge in [-0.1, -0.05) is 6.07 Å². The number of non-ortho nitro benzene ring substituents is 1. The van der Waals surface area contributed by atoms with Crippen LogP contribution in [0.4, 0.5) is 18.9 Å². The molecule has 0 bridgehead atoms. The van der Waals surface area contributed by atoms with Crippen LogP contribution in [0.25, 0.3) is 0 Å². The second-order valence-corrected chi connectivity index (χ2v) is 5.24. The smallest absolute Gasteiger partial charge is 0.420 e. The number of nitro groups is 1. The molecule has 2 aromatic carbocycles. The molecule has 0 heterocycles. The van der Waals surface area contributed by atoms with Crippen LogP contribution in [0.1, 0.15) is 5.56 Å². The molecule has 0 N–H and O–H groups in total. The molecule has 21 heavy (non-hydrogen) atoms. The normalized spacial score (nSPS) is 11.2. The predicted octanol–water partition coefficient (Wildman–Crippen LogP) is 5.01. The highest BCUT2D eigenvalue weighted by Gasteiger charge is 2.36. The van der Waals surface area contributed by atoms with Crippen molar-refractivity contribution in [3.63, 3.8) is 0 Å². The molecule has 0 aliphatic carbocycles. The van der Waals surface area contributed by atoms with E-state index in [4.69, 9.17) is 4.74 Å². The van der Waals surface area contributed by atoms with Gasteiger partial charge in [-0.3, -0.25) is 10.1 Å². The maximum Gasteiger partial charge on any atom is 0.420 e. The summed E-state index contributed by atoms with van der Waals surface area (Å²) < 4.78 is 44.9. The summed E-state index contributed by atoms with van der Waals surface area (Å²) in [5.74, 6) is -0.253. The fourth-order valence-corrected chi connectivity index (χ4v) is 2.11. The van der Waals surface area contributed by atoms with Crippen LogP contribution in [0, 0.1) is 13.7 Å². The summed E-state index contributed by atoms with van der Waals surface area (Å²) in [5.41, 5.74) is -1.83. The van der Waals surface area contributed by atoms with E-state index in [1.54, 1.807) is 18.2 Å². The van der Waals surface area contributed by atoms with E-state index in [1.165, 1.54) is 6.07 Å². The number of halogens is 4. The molecule has 0 aliphatic heterocycles. The molecule has 0 amide bonds. The Labute approximate surface area is 130 Å². The number of rotatable bonds is 3. The molecule has 0 saturated heterocycles. The molecule has 0 radical (unpaired) electrons. The molecule has 110 valence electrons. The maximum atomic E-state index is 13.0. The highest BCUT2D eigenvalue weighted by molar-refractivity contribution is 14.1. The van der Waals surface area contributed by atoms with Gasteiger partial charge in [0.1, 0.15) is 17.1 Å². The van der Waals surface area contributed by atoms with Crippen molar-refractivity contribution in [3.8, 4) is 11.5 Å². The zero-order valence-corrected chi connectivity index (χ0v) is 12.4. The zero-order valence-electron chi connectivity index (χ0n) is 10.2. The van der Waals surface area contributed by atoms with Crippen LogP contribution in [0.2, 0.25) is 0 Å². The van der Waals surface area contributed by atoms with Crippen LogP contribution in [-0.4, -0.2) is 4.92 Å². The van der Waals surface area contributed by atoms with Crippen LogP contribution >= 0.6 is 22.6 Å². The molecule has 0 aliphatic rings. The Morgan fingerprint density at radius 3 is 2.43 bits per heavy atom. The van der Waals surface area contributed by atoms with E-state index >= 15 is 0 Å². The fourth-order valence-electron chi connectivity index (χ4n) is 1.60. The van der Waals surface area contributed by atoms with Crippen molar-refractivity contribution in [1.29, 1.82) is 0 Å². The molecular formula is C13H7F3INO3. The van der Waals surface area contributed by atoms with E-state index in [9.17, 15) is 23.3 Å². The fraction of sp³-hybridized carbons (Fsp3) is 0.0769. The Morgan fingerprint density at radius 1 is 1.14 bits per heavy atom. The van der Waals surface area contributed by atoms with Crippen molar-refractivity contribution >= 4 is 28.3 Å². The summed E-state index contributed by atoms with van der Waals surface area (Å²) >= 11 is 2.00. The average molecular weight is 409 g/mol. The van der Waals surface area contributed by atoms with Gasteiger partial charge >= 0.3 is 6.18 Å². The lowest BCUT2D eigenvalue weighted by molar-refractivity contribution is -0.385. The lowest BCUT2D eigenvalue weighted by atomic mass is 10.1. The number of nitro benzene ring substituents is 1. The van der Waals surface area contributed by atoms with Gasteiger partial charge in [0, 0.05) is 15.7 Å². The molecule has 8 heteroatoms. The first-order valence-corrected chi connectivity index (χ1v) is 6.64. The van der Waals surface area contributed by atoms with Crippen LogP contribution in [0.5, 0.6) is 11.5 Å². The summed E-state index contributed by atoms with van der Waals surface area (Å²) in [5, 5.41) is 10.6. The minimum Gasteiger partial charge on any atom is -0.457 e. The lowest BCUT2D eigenvalue weighted by Crippen LogP contribution is -2.08. The van der Waals surface area contributed by atoms with E-state index in [2.05, 4.69) is 0 Å². The zero-order chi connectivity index (χ0) is 15.6. The molecule has 2 rings (SSSR count). The summed E-state index contributed by atoms with van der Waals surface area (Å²) in [6, 6.07) is 8.83. The quantitative estimate of drug-likeness (QED) is 0.407. The van der Waals surface area contributed by atoms with Crippen molar-refractivity contribution in [2.75, 3.05) is 0 Å². The molecule has 0 spiro atoms. The van der Waals surface area contributed by atoms with Gasteiger partial charge in [0.25, 0.3) is 5.69 Å². The summed E-state index contributed by atoms with van der Waals surface area (Å²) in [4.78, 5) is 9.71. The third-order valence-electron chi connectivity index (χ3n) is 2.50. The van der Waals surface area contributed by atoms with E-state index < -0.39 is 28.1 Å². The van der Waals surface area contributed by atoms with Crippen molar-refractivity contribution < 1.29 is 22.8 Å². The third-order valence-corrected chi connectivity index (χ3v) is 3.17. The standard InChI is InChI=1S/C13H7F3INO3/c14-13(15,16)11-7-9(18(19)20)4-5-12(11)21-10-3-1-2-8(17)6-10/h1-7H. The van der Waals surface area contributed by atoms with Crippen LogP contribution in [0.15, 0.2) is 42.5 Å². The number of alkyl halides is 3. The van der Waals surface area contributed by atoms with Gasteiger partial charge in [-0.25, -0.2) is 0 Å². The monoisotopic (exact) mass is 409 g/mol. The molecule has 4 nitrogen and oxygen atoms in total. The van der Waals surface area contributed by atoms with Crippen LogP contribution in [0.3, 0.4) is 0 Å². The van der Waals surface area contributed by atoms with Crippen molar-refractivity contribution in [3.05, 3.63) is 61.7 Å². The molecule has 0 saturated carbocycles. The number of hydrogen-bond donors (Lipinski definition) is 0. The van der Waals surface area contributed by atoms with Gasteiger partial charge in [-0.2, -0.15) is 13.2 Å². The van der Waals surface area contributed by atoms with Crippen molar-refractivity contribution in [1.82, 2.24) is 0 Å². The van der Waals surface area contributed by atoms with Gasteiger partial charge in [0.05, 0.1) is 4.92 Å². The average Bonchev–Trinajstić information content (AvgIpc) is 2.37. The summed E-state index contributed by atoms with van der Waals surface area (Å²) in [7, 11) is 0. The lowest BCUT2D eigenvalue weighted by Gasteiger charge is -2.13. The van der Waals surface area contributed by atoms with Gasteiger partial charge in [-0.05, 0) is 46.9 Å². The first-order valence-electron chi connectivity index (χ1n) is 5.56. The van der Waals surface area contributed by atoms with Gasteiger partial charge in [-0.15, -0.1) is 0 Å². The van der Waals surface area contributed by atoms with Crippen LogP contribution in [-0.2, 0) is 6.18 Å². The van der Waals surface area contributed by atoms with E-state index in [0.29, 0.717) is 6.07 Å². The molecule has 2 aromatic rings. The predicted molar refractivity (Wildman–Crippen MR) is 77.3 cm³/mol. The minimum atomic E-state index is -4.75. The highest BCUT2D eigenvalue weighted by atomic mass is 127. The molecule has 0 atom stereocenters. The first-order chi connectivity index (χ1) is 9.77. The maximum absolute atomic E-state index is 13.0. The van der Waals surface area contributed by atoms with Gasteiger partial charge < -0.3 is 4.74 Å². The first kappa shape index (κ1) is 15.5. The Bertz CT molecular complexity index is 689. The van der Waals surface area contributed by atoms with E-state index in [0.717, 1.165) is 15.7 Å². The largest absolute Gasteiger partial charge is 0.457 e. The number of nitrogens with zero attached hydrogens (tertiary/aromatic N) is 1. The number of ether oxygens (including phenoxy) is 1. The van der Waals surface area contributed by atoms with Gasteiger partial charge in [0.15, 0.2) is 0 Å². The topological polar surface area (TPSA) is 52.4 Å². The summed E-state index contributed by atoms with van der Waals surface area (Å²) in [6.07, 6.45) is -4.75. The van der Waals surface area contributed by atoms with Crippen molar-refractivity contribution in [2.24, 2.45) is 0 Å². The molecular weight excluding hydrogens is 402 g/mol. The van der Waals surface area contributed by atoms with Crippen molar-refractivity contribution in [2.45, 2.75) is 6.18 Å². The van der Waals surface area contributed by atoms with E-state index in [-0.39, 0.29) is 5.75 Å². The third kappa shape index (κ3) is 3.84. The Kier molecular flexibility index (Phi) is 4.35. The highest BCUT2D eigenvalue weighted by Crippen LogP contribution is 2.40. The molecule has 0 unspecified atom stereocenters. The number of hydrogen-bond acceptors (Lipinski definition) is 3. The number of benzene rings is 2. The summed E-state index contributed by atoms with van der Waals surface area (Å²) in [6.45, 7) is 0. The Balaban J connectivity index is 2.45. The Morgan fingerprint density at radius 2 is 1.86 bits per heavy atom. The van der Waals surface area contributed by atoms with Gasteiger partial charge in [0.2, 0.25) is 0 Å². The molecule has 0 fully saturated rings.